The van der Waals surface area contributed by atoms with Gasteiger partial charge in [0.05, 0.1) is 29.4 Å². The molecule has 0 fully saturated rings. The first-order valence-electron chi connectivity index (χ1n) is 10.8. The summed E-state index contributed by atoms with van der Waals surface area (Å²) in [5.41, 5.74) is 7.71. The quantitative estimate of drug-likeness (QED) is 0.321. The van der Waals surface area contributed by atoms with Gasteiger partial charge >= 0.3 is 0 Å². The average molecular weight is 435 g/mol. The Morgan fingerprint density at radius 2 is 1.84 bits per heavy atom. The van der Waals surface area contributed by atoms with Crippen LogP contribution in [-0.4, -0.2) is 19.6 Å². The Morgan fingerprint density at radius 3 is 2.58 bits per heavy atom. The summed E-state index contributed by atoms with van der Waals surface area (Å²) in [6, 6.07) is 10.2. The van der Waals surface area contributed by atoms with Crippen LogP contribution in [0.2, 0.25) is 5.02 Å². The molecular formula is C25H27ClN4O. The topological polar surface area (TPSA) is 52.3 Å². The Bertz CT molecular complexity index is 1160. The fourth-order valence-electron chi connectivity index (χ4n) is 3.88. The molecule has 5 nitrogen and oxygen atoms in total. The molecule has 0 saturated heterocycles. The predicted octanol–water partition coefficient (Wildman–Crippen LogP) is 6.07. The molecule has 0 aromatic carbocycles. The van der Waals surface area contributed by atoms with E-state index < -0.39 is 0 Å². The highest BCUT2D eigenvalue weighted by atomic mass is 35.5. The molecule has 0 aliphatic rings. The van der Waals surface area contributed by atoms with Crippen molar-refractivity contribution in [2.24, 2.45) is 0 Å². The standard InChI is InChI=1S/C25H27ClN4O/c1-3-5-6-22-23(17-31-16-18-9-11-27-12-10-18)29-30-21(4-2)7-8-24(30)25(22)19-13-20(26)15-28-14-19/h7-15H,3-6,16-17H2,1-2H3. The molecule has 160 valence electrons. The summed E-state index contributed by atoms with van der Waals surface area (Å²) in [5, 5.41) is 5.66. The summed E-state index contributed by atoms with van der Waals surface area (Å²) in [6.45, 7) is 5.32. The van der Waals surface area contributed by atoms with Crippen LogP contribution in [0.4, 0.5) is 0 Å². The van der Waals surface area contributed by atoms with Gasteiger partial charge in [-0.1, -0.05) is 31.9 Å². The third-order valence-corrected chi connectivity index (χ3v) is 5.66. The van der Waals surface area contributed by atoms with Gasteiger partial charge in [0.15, 0.2) is 0 Å². The molecule has 0 amide bonds. The summed E-state index contributed by atoms with van der Waals surface area (Å²) < 4.78 is 8.15. The summed E-state index contributed by atoms with van der Waals surface area (Å²) in [7, 11) is 0. The first-order valence-corrected chi connectivity index (χ1v) is 11.2. The van der Waals surface area contributed by atoms with Crippen molar-refractivity contribution in [1.29, 1.82) is 0 Å². The molecule has 0 saturated carbocycles. The van der Waals surface area contributed by atoms with E-state index in [0.29, 0.717) is 18.2 Å². The summed E-state index contributed by atoms with van der Waals surface area (Å²) >= 11 is 6.31. The summed E-state index contributed by atoms with van der Waals surface area (Å²) in [4.78, 5) is 8.42. The molecule has 0 unspecified atom stereocenters. The van der Waals surface area contributed by atoms with E-state index in [2.05, 4.69) is 40.5 Å². The Balaban J connectivity index is 1.80. The van der Waals surface area contributed by atoms with E-state index in [0.717, 1.165) is 53.6 Å². The highest BCUT2D eigenvalue weighted by Gasteiger charge is 2.19. The highest BCUT2D eigenvalue weighted by Crippen LogP contribution is 2.33. The lowest BCUT2D eigenvalue weighted by Crippen LogP contribution is -2.10. The Morgan fingerprint density at radius 1 is 1.00 bits per heavy atom. The van der Waals surface area contributed by atoms with Gasteiger partial charge in [-0.25, -0.2) is 4.52 Å². The van der Waals surface area contributed by atoms with E-state index in [1.54, 1.807) is 18.6 Å². The van der Waals surface area contributed by atoms with E-state index in [-0.39, 0.29) is 0 Å². The number of fused-ring (bicyclic) bond motifs is 1. The summed E-state index contributed by atoms with van der Waals surface area (Å²) in [6.07, 6.45) is 11.2. The van der Waals surface area contributed by atoms with Gasteiger partial charge in [0.25, 0.3) is 0 Å². The Kier molecular flexibility index (Phi) is 6.95. The van der Waals surface area contributed by atoms with Crippen molar-refractivity contribution >= 4 is 17.1 Å². The zero-order chi connectivity index (χ0) is 21.6. The number of hydrogen-bond acceptors (Lipinski definition) is 4. The van der Waals surface area contributed by atoms with Gasteiger partial charge in [-0.2, -0.15) is 5.10 Å². The van der Waals surface area contributed by atoms with Crippen molar-refractivity contribution in [2.45, 2.75) is 52.7 Å². The van der Waals surface area contributed by atoms with Crippen molar-refractivity contribution in [3.8, 4) is 11.1 Å². The minimum Gasteiger partial charge on any atom is -0.370 e. The zero-order valence-electron chi connectivity index (χ0n) is 18.0. The predicted molar refractivity (Wildman–Crippen MR) is 124 cm³/mol. The second-order valence-electron chi connectivity index (χ2n) is 7.62. The molecule has 0 bridgehead atoms. The number of pyridine rings is 2. The monoisotopic (exact) mass is 434 g/mol. The molecule has 4 rings (SSSR count). The van der Waals surface area contributed by atoms with E-state index in [9.17, 15) is 0 Å². The van der Waals surface area contributed by atoms with Crippen molar-refractivity contribution in [3.05, 3.63) is 82.7 Å². The smallest absolute Gasteiger partial charge is 0.0913 e. The third-order valence-electron chi connectivity index (χ3n) is 5.45. The van der Waals surface area contributed by atoms with Crippen molar-refractivity contribution in [3.63, 3.8) is 0 Å². The second kappa shape index (κ2) is 10.0. The van der Waals surface area contributed by atoms with E-state index in [1.165, 1.54) is 11.3 Å². The average Bonchev–Trinajstić information content (AvgIpc) is 3.20. The van der Waals surface area contributed by atoms with Crippen molar-refractivity contribution in [1.82, 2.24) is 19.6 Å². The fourth-order valence-corrected chi connectivity index (χ4v) is 4.05. The minimum atomic E-state index is 0.444. The van der Waals surface area contributed by atoms with Gasteiger partial charge < -0.3 is 4.74 Å². The molecule has 0 radical (unpaired) electrons. The van der Waals surface area contributed by atoms with Gasteiger partial charge in [-0.05, 0) is 60.7 Å². The van der Waals surface area contributed by atoms with Crippen LogP contribution in [0.25, 0.3) is 16.6 Å². The minimum absolute atomic E-state index is 0.444. The van der Waals surface area contributed by atoms with Crippen LogP contribution in [0.5, 0.6) is 0 Å². The van der Waals surface area contributed by atoms with E-state index in [4.69, 9.17) is 21.4 Å². The number of nitrogens with zero attached hydrogens (tertiary/aromatic N) is 4. The number of aryl methyl sites for hydroxylation is 1. The molecule has 6 heteroatoms. The first-order chi connectivity index (χ1) is 15.2. The lowest BCUT2D eigenvalue weighted by Gasteiger charge is -2.17. The van der Waals surface area contributed by atoms with Gasteiger partial charge in [0.2, 0.25) is 0 Å². The molecule has 0 aliphatic carbocycles. The van der Waals surface area contributed by atoms with Gasteiger partial charge in [0, 0.05) is 41.6 Å². The number of aromatic nitrogens is 4. The number of hydrogen-bond donors (Lipinski definition) is 0. The lowest BCUT2D eigenvalue weighted by atomic mass is 9.96. The number of halogens is 1. The molecule has 0 N–H and O–H groups in total. The molecule has 4 aromatic rings. The fraction of sp³-hybridized carbons (Fsp3) is 0.320. The van der Waals surface area contributed by atoms with Gasteiger partial charge in [-0.15, -0.1) is 0 Å². The third kappa shape index (κ3) is 4.78. The molecular weight excluding hydrogens is 408 g/mol. The molecule has 0 atom stereocenters. The molecule has 4 aromatic heterocycles. The SMILES string of the molecule is CCCCc1c(COCc2ccncc2)nn2c(CC)ccc2c1-c1cncc(Cl)c1. The molecule has 0 aliphatic heterocycles. The van der Waals surface area contributed by atoms with Crippen LogP contribution in [0.15, 0.2) is 55.1 Å². The molecule has 31 heavy (non-hydrogen) atoms. The Hall–Kier alpha value is -2.76. The van der Waals surface area contributed by atoms with Crippen molar-refractivity contribution in [2.75, 3.05) is 0 Å². The van der Waals surface area contributed by atoms with E-state index >= 15 is 0 Å². The summed E-state index contributed by atoms with van der Waals surface area (Å²) in [5.74, 6) is 0. The maximum Gasteiger partial charge on any atom is 0.0913 e. The zero-order valence-corrected chi connectivity index (χ0v) is 18.8. The van der Waals surface area contributed by atoms with Crippen LogP contribution in [-0.2, 0) is 30.8 Å². The maximum atomic E-state index is 6.31. The Labute approximate surface area is 188 Å². The first kappa shape index (κ1) is 21.5. The number of ether oxygens (including phenoxy) is 1. The van der Waals surface area contributed by atoms with Gasteiger partial charge in [0.1, 0.15) is 0 Å². The molecule has 4 heterocycles. The largest absolute Gasteiger partial charge is 0.370 e. The van der Waals surface area contributed by atoms with Crippen LogP contribution in [0.1, 0.15) is 49.2 Å². The van der Waals surface area contributed by atoms with E-state index in [1.807, 2.05) is 24.4 Å². The van der Waals surface area contributed by atoms with Crippen LogP contribution < -0.4 is 0 Å². The number of unbranched alkanes of at least 4 members (excludes halogenated alkanes) is 1. The molecule has 0 spiro atoms. The van der Waals surface area contributed by atoms with Gasteiger partial charge in [-0.3, -0.25) is 9.97 Å². The maximum absolute atomic E-state index is 6.31. The van der Waals surface area contributed by atoms with Crippen LogP contribution in [0, 0.1) is 0 Å². The van der Waals surface area contributed by atoms with Crippen LogP contribution >= 0.6 is 11.6 Å². The van der Waals surface area contributed by atoms with Crippen molar-refractivity contribution < 1.29 is 4.74 Å². The number of rotatable bonds is 9. The lowest BCUT2D eigenvalue weighted by molar-refractivity contribution is 0.103. The second-order valence-corrected chi connectivity index (χ2v) is 8.06. The van der Waals surface area contributed by atoms with Crippen LogP contribution in [0.3, 0.4) is 0 Å². The highest BCUT2D eigenvalue weighted by molar-refractivity contribution is 6.30. The normalized spacial score (nSPS) is 11.3.